The summed E-state index contributed by atoms with van der Waals surface area (Å²) in [4.78, 5) is 3.10. The Morgan fingerprint density at radius 3 is 0.500 bits per heavy atom. The van der Waals surface area contributed by atoms with E-state index in [1.54, 1.807) is 14.5 Å². The maximum absolute atomic E-state index is 12.1. The van der Waals surface area contributed by atoms with E-state index in [0.29, 0.717) is 0 Å². The van der Waals surface area contributed by atoms with Crippen molar-refractivity contribution < 1.29 is 22.7 Å². The summed E-state index contributed by atoms with van der Waals surface area (Å²) >= 11 is 1.05. The molecule has 2 aromatic rings. The fourth-order valence-electron chi connectivity index (χ4n) is 18.1. The van der Waals surface area contributed by atoms with Crippen molar-refractivity contribution in [1.29, 1.82) is 0 Å². The first kappa shape index (κ1) is 108. The van der Waals surface area contributed by atoms with Crippen molar-refractivity contribution in [2.45, 2.75) is 610 Å². The van der Waals surface area contributed by atoms with Gasteiger partial charge in [0.05, 0.1) is 0 Å². The quantitative estimate of drug-likeness (QED) is 0.0358. The van der Waals surface area contributed by atoms with E-state index in [4.69, 9.17) is 0 Å². The van der Waals surface area contributed by atoms with E-state index in [2.05, 4.69) is 90.1 Å². The molecule has 0 saturated heterocycles. The second-order valence-corrected chi connectivity index (χ2v) is 39.4. The standard InChI is InChI=1S/C51H82N2.2C30H61.Pd/c1-5-9-13-15-16-17-18-19-20-21-22-23-24-25-26-27-31-35-49-48(34-30-14-10-6-2)50(46-40-36-44(37-41-46)32-28-11-7-3)53(52)51(49)47-42-38-45(39-43-47)33-29-12-8-4;2*1-3-5-7-9-11-13-15-17-19-21-23-25-27-29-30-28-26-24-22-20-18-16-14-12-10-8-6-4-2;/h36-43H,5-35H2,1-4H3;2*1,3-30H2,2H3;. The van der Waals surface area contributed by atoms with Gasteiger partial charge in [0.1, 0.15) is 0 Å². The minimum Gasteiger partial charge on any atom is -0.0654 e. The number of hydrogen-bond acceptors (Lipinski definition) is 0. The van der Waals surface area contributed by atoms with Crippen molar-refractivity contribution in [3.63, 3.8) is 0 Å². The van der Waals surface area contributed by atoms with Crippen LogP contribution in [-0.4, -0.2) is 4.70 Å². The van der Waals surface area contributed by atoms with Crippen LogP contribution in [0.3, 0.4) is 0 Å². The van der Waals surface area contributed by atoms with E-state index in [0.717, 1.165) is 66.2 Å². The second-order valence-electron chi connectivity index (χ2n) is 37.1. The van der Waals surface area contributed by atoms with Crippen molar-refractivity contribution in [1.82, 2.24) is 0 Å². The monoisotopic (exact) mass is 1670 g/mol. The zero-order chi connectivity index (χ0) is 81.5. The summed E-state index contributed by atoms with van der Waals surface area (Å²) < 4.78 is 1.59. The third-order valence-electron chi connectivity index (χ3n) is 25.9. The second kappa shape index (κ2) is 89.0. The van der Waals surface area contributed by atoms with Crippen LogP contribution in [0.4, 0.5) is 0 Å². The number of benzene rings is 2. The number of aryl methyl sites for hydroxylation is 2. The Kier molecular flexibility index (Phi) is 84.5. The first-order chi connectivity index (χ1) is 56.6. The molecule has 1 aliphatic heterocycles. The Hall–Kier alpha value is -1.82. The van der Waals surface area contributed by atoms with Gasteiger partial charge in [-0.05, 0) is 86.8 Å². The molecule has 3 heteroatoms. The van der Waals surface area contributed by atoms with Crippen LogP contribution in [0.25, 0.3) is 16.9 Å². The van der Waals surface area contributed by atoms with Crippen LogP contribution < -0.4 is 0 Å². The predicted octanol–water partition coefficient (Wildman–Crippen LogP) is 41.1. The smallest absolute Gasteiger partial charge is 0.0654 e. The van der Waals surface area contributed by atoms with Crippen molar-refractivity contribution in [3.8, 4) is 0 Å². The van der Waals surface area contributed by atoms with Crippen LogP contribution in [-0.2, 0) is 30.8 Å². The zero-order valence-electron chi connectivity index (χ0n) is 78.8. The van der Waals surface area contributed by atoms with E-state index in [-0.39, 0.29) is 0 Å². The Bertz CT molecular complexity index is 2250. The average molecular weight is 1670 g/mol. The van der Waals surface area contributed by atoms with Gasteiger partial charge in [-0.25, -0.2) is 4.70 Å². The summed E-state index contributed by atoms with van der Waals surface area (Å²) in [6.07, 6.45) is 124. The third-order valence-corrected chi connectivity index (χ3v) is 28.1. The Labute approximate surface area is 726 Å². The van der Waals surface area contributed by atoms with Crippen LogP contribution in [0.2, 0.25) is 9.79 Å². The summed E-state index contributed by atoms with van der Waals surface area (Å²) in [6, 6.07) is 18.3. The van der Waals surface area contributed by atoms with Gasteiger partial charge in [-0.15, -0.1) is 0 Å². The molecule has 1 heterocycles. The predicted molar refractivity (Wildman–Crippen MR) is 514 cm³/mol. The van der Waals surface area contributed by atoms with Crippen molar-refractivity contribution in [3.05, 3.63) is 87.5 Å². The van der Waals surface area contributed by atoms with Crippen molar-refractivity contribution >= 4 is 11.4 Å². The summed E-state index contributed by atoms with van der Waals surface area (Å²) in [5, 5.41) is 0. The molecule has 1 aliphatic rings. The average Bonchev–Trinajstić information content (AvgIpc) is 1.61. The summed E-state index contributed by atoms with van der Waals surface area (Å²) in [6.45, 7) is 13.8. The maximum atomic E-state index is 12.1. The molecule has 3 rings (SSSR count). The first-order valence-electron chi connectivity index (χ1n) is 53.1. The molecule has 0 saturated carbocycles. The summed E-state index contributed by atoms with van der Waals surface area (Å²) in [7, 11) is 0. The molecule has 0 atom stereocenters. The normalized spacial score (nSPS) is 12.5. The van der Waals surface area contributed by atoms with E-state index in [1.165, 1.54) is 555 Å². The molecule has 114 heavy (non-hydrogen) atoms. The Morgan fingerprint density at radius 1 is 0.175 bits per heavy atom. The van der Waals surface area contributed by atoms with E-state index < -0.39 is 0 Å². The fraction of sp³-hybridized carbons (Fsp3) is 0.856. The molecule has 0 unspecified atom stereocenters. The van der Waals surface area contributed by atoms with Crippen LogP contribution in [0, 0.1) is 0 Å². The van der Waals surface area contributed by atoms with Crippen molar-refractivity contribution in [2.75, 3.05) is 0 Å². The van der Waals surface area contributed by atoms with Crippen molar-refractivity contribution in [2.24, 2.45) is 0 Å². The van der Waals surface area contributed by atoms with Crippen LogP contribution in [0.1, 0.15) is 610 Å². The molecule has 2 aromatic carbocycles. The molecule has 0 spiro atoms. The van der Waals surface area contributed by atoms with Gasteiger partial charge in [0, 0.05) is 22.3 Å². The first-order valence-corrected chi connectivity index (χ1v) is 55.3. The topological polar surface area (TPSA) is 25.3 Å². The van der Waals surface area contributed by atoms with Gasteiger partial charge in [-0.3, -0.25) is 0 Å². The molecule has 0 amide bonds. The number of nitrogens with zero attached hydrogens (tertiary/aromatic N) is 2. The minimum atomic E-state index is 1.03. The molecule has 0 fully saturated rings. The van der Waals surface area contributed by atoms with E-state index in [9.17, 15) is 5.53 Å². The van der Waals surface area contributed by atoms with Gasteiger partial charge in [0.25, 0.3) is 0 Å². The molecule has 0 aromatic heterocycles. The molecule has 0 radical (unpaired) electrons. The Balaban J connectivity index is 0.000000780. The number of unbranched alkanes of at least 4 members (excludes halogenated alkanes) is 77. The third kappa shape index (κ3) is 67.8. The Morgan fingerprint density at radius 2 is 0.316 bits per heavy atom. The minimum absolute atomic E-state index is 1.03. The molecule has 0 aliphatic carbocycles. The molecule has 2 nitrogen and oxygen atoms in total. The van der Waals surface area contributed by atoms with Gasteiger partial charge in [-0.2, -0.15) is 0 Å². The van der Waals surface area contributed by atoms with Crippen LogP contribution >= 0.6 is 0 Å². The van der Waals surface area contributed by atoms with E-state index >= 15 is 0 Å². The van der Waals surface area contributed by atoms with E-state index in [1.807, 2.05) is 0 Å². The SMILES string of the molecule is CCCCCCCCCCCCCCCCCCCC1=C(c2ccc(CCCCC)cc2)[N+](=[N-])C(c2ccc(CCCCC)cc2)=C1CCCCCC.CCCCCCCCCCCCCCCCCCCCCCCCCCCCC[CH2][Pd][CH2]CCCCCCCCCCCCCCCCCCCCCCCCCCCCC. The molecular weight excluding hydrogens is 1470 g/mol. The fourth-order valence-corrected chi connectivity index (χ4v) is 20.0. The number of allylic oxidation sites excluding steroid dienone is 2. The molecule has 668 valence electrons. The molecular formula is C111H204N2Pd. The number of hydrogen-bond donors (Lipinski definition) is 0. The summed E-state index contributed by atoms with van der Waals surface area (Å²) in [5.41, 5.74) is 22.1. The van der Waals surface area contributed by atoms with Gasteiger partial charge in [0.15, 0.2) is 0 Å². The zero-order valence-corrected chi connectivity index (χ0v) is 80.3. The van der Waals surface area contributed by atoms with Crippen LogP contribution in [0.5, 0.6) is 0 Å². The number of rotatable bonds is 91. The summed E-state index contributed by atoms with van der Waals surface area (Å²) in [5.74, 6) is 0. The van der Waals surface area contributed by atoms with Gasteiger partial charge >= 0.3 is 169 Å². The van der Waals surface area contributed by atoms with Gasteiger partial charge in [-0.1, -0.05) is 432 Å². The molecule has 0 N–H and O–H groups in total. The van der Waals surface area contributed by atoms with Gasteiger partial charge in [0.2, 0.25) is 11.4 Å². The van der Waals surface area contributed by atoms with Crippen LogP contribution in [0.15, 0.2) is 59.7 Å². The van der Waals surface area contributed by atoms with Gasteiger partial charge < -0.3 is 5.53 Å². The molecule has 0 bridgehead atoms.